The van der Waals surface area contributed by atoms with Gasteiger partial charge in [0.25, 0.3) is 0 Å². The van der Waals surface area contributed by atoms with Crippen molar-refractivity contribution in [1.29, 1.82) is 0 Å². The number of aromatic amines is 1. The van der Waals surface area contributed by atoms with Crippen molar-refractivity contribution in [3.63, 3.8) is 0 Å². The molecule has 2 heterocycles. The summed E-state index contributed by atoms with van der Waals surface area (Å²) in [5, 5.41) is 6.75. The van der Waals surface area contributed by atoms with E-state index in [0.717, 1.165) is 0 Å². The van der Waals surface area contributed by atoms with Crippen molar-refractivity contribution >= 4 is 5.82 Å². The second kappa shape index (κ2) is 5.24. The van der Waals surface area contributed by atoms with Crippen LogP contribution >= 0.6 is 0 Å². The van der Waals surface area contributed by atoms with Crippen LogP contribution in [0.4, 0.5) is 10.2 Å². The minimum absolute atomic E-state index is 0.258. The van der Waals surface area contributed by atoms with Crippen LogP contribution in [0.25, 0.3) is 22.5 Å². The summed E-state index contributed by atoms with van der Waals surface area (Å²) in [5.41, 5.74) is 7.80. The number of methoxy groups -OCH3 is 1. The van der Waals surface area contributed by atoms with Crippen molar-refractivity contribution < 1.29 is 9.13 Å². The van der Waals surface area contributed by atoms with Gasteiger partial charge in [0.15, 0.2) is 5.82 Å². The number of pyridine rings is 1. The lowest BCUT2D eigenvalue weighted by Crippen LogP contribution is -1.95. The number of nitrogens with two attached hydrogens (primary N) is 1. The number of H-pyrrole nitrogens is 1. The fourth-order valence-electron chi connectivity index (χ4n) is 2.22. The molecule has 0 aliphatic heterocycles. The third kappa shape index (κ3) is 2.20. The van der Waals surface area contributed by atoms with Gasteiger partial charge in [-0.3, -0.25) is 10.1 Å². The number of rotatable bonds is 3. The summed E-state index contributed by atoms with van der Waals surface area (Å²) in [5.74, 6) is 0.236. The molecule has 0 saturated heterocycles. The van der Waals surface area contributed by atoms with Crippen molar-refractivity contribution in [3.8, 4) is 28.3 Å². The summed E-state index contributed by atoms with van der Waals surface area (Å²) >= 11 is 0. The molecule has 3 rings (SSSR count). The number of benzene rings is 1. The van der Waals surface area contributed by atoms with Gasteiger partial charge in [0.1, 0.15) is 11.6 Å². The Morgan fingerprint density at radius 1 is 1.14 bits per heavy atom. The molecule has 0 spiro atoms. The van der Waals surface area contributed by atoms with Crippen LogP contribution in [0.3, 0.4) is 0 Å². The van der Waals surface area contributed by atoms with Crippen LogP contribution < -0.4 is 10.5 Å². The predicted octanol–water partition coefficient (Wildman–Crippen LogP) is 2.87. The van der Waals surface area contributed by atoms with Crippen LogP contribution in [-0.2, 0) is 0 Å². The van der Waals surface area contributed by atoms with Crippen molar-refractivity contribution in [2.75, 3.05) is 12.8 Å². The summed E-state index contributed by atoms with van der Waals surface area (Å²) in [6, 6.07) is 10.0. The smallest absolute Gasteiger partial charge is 0.155 e. The van der Waals surface area contributed by atoms with Crippen LogP contribution in [0, 0.1) is 5.82 Å². The normalized spacial score (nSPS) is 10.6. The van der Waals surface area contributed by atoms with Crippen molar-refractivity contribution in [2.24, 2.45) is 0 Å². The van der Waals surface area contributed by atoms with E-state index in [9.17, 15) is 4.39 Å². The molecule has 21 heavy (non-hydrogen) atoms. The molecule has 2 aromatic heterocycles. The highest BCUT2D eigenvalue weighted by atomic mass is 19.1. The Morgan fingerprint density at radius 2 is 2.00 bits per heavy atom. The van der Waals surface area contributed by atoms with E-state index in [1.54, 1.807) is 30.5 Å². The minimum atomic E-state index is -0.421. The molecule has 0 radical (unpaired) electrons. The molecule has 6 heteroatoms. The van der Waals surface area contributed by atoms with Gasteiger partial charge < -0.3 is 10.5 Å². The first kappa shape index (κ1) is 13.1. The summed E-state index contributed by atoms with van der Waals surface area (Å²) in [7, 11) is 1.48. The molecule has 0 aliphatic carbocycles. The Kier molecular flexibility index (Phi) is 3.27. The highest BCUT2D eigenvalue weighted by molar-refractivity contribution is 5.88. The van der Waals surface area contributed by atoms with Crippen molar-refractivity contribution in [1.82, 2.24) is 15.2 Å². The number of aromatic nitrogens is 3. The Balaban J connectivity index is 2.27. The lowest BCUT2D eigenvalue weighted by molar-refractivity contribution is 0.413. The molecule has 3 aromatic rings. The van der Waals surface area contributed by atoms with E-state index in [-0.39, 0.29) is 11.4 Å². The first-order valence-electron chi connectivity index (χ1n) is 6.30. The van der Waals surface area contributed by atoms with E-state index in [4.69, 9.17) is 10.5 Å². The van der Waals surface area contributed by atoms with Crippen LogP contribution in [0.5, 0.6) is 5.75 Å². The summed E-state index contributed by atoms with van der Waals surface area (Å²) in [6.07, 6.45) is 1.64. The molecule has 0 amide bonds. The second-order valence-electron chi connectivity index (χ2n) is 4.39. The molecule has 0 saturated carbocycles. The zero-order valence-electron chi connectivity index (χ0n) is 11.3. The number of hydrogen-bond donors (Lipinski definition) is 2. The average molecular weight is 284 g/mol. The Morgan fingerprint density at radius 3 is 2.71 bits per heavy atom. The molecule has 0 fully saturated rings. The van der Waals surface area contributed by atoms with Gasteiger partial charge in [-0.25, -0.2) is 4.39 Å². The summed E-state index contributed by atoms with van der Waals surface area (Å²) in [6.45, 7) is 0. The molecule has 5 nitrogen and oxygen atoms in total. The fourth-order valence-corrected chi connectivity index (χ4v) is 2.22. The van der Waals surface area contributed by atoms with Crippen LogP contribution in [0.1, 0.15) is 0 Å². The highest BCUT2D eigenvalue weighted by Gasteiger charge is 2.21. The number of anilines is 1. The molecular formula is C15H13FN4O. The average Bonchev–Trinajstić information content (AvgIpc) is 2.89. The van der Waals surface area contributed by atoms with E-state index in [1.165, 1.54) is 13.2 Å². The summed E-state index contributed by atoms with van der Waals surface area (Å²) < 4.78 is 19.5. The molecule has 0 bridgehead atoms. The van der Waals surface area contributed by atoms with E-state index in [0.29, 0.717) is 22.7 Å². The van der Waals surface area contributed by atoms with Crippen LogP contribution in [0.15, 0.2) is 42.6 Å². The molecule has 0 unspecified atom stereocenters. The van der Waals surface area contributed by atoms with Gasteiger partial charge in [-0.2, -0.15) is 5.10 Å². The van der Waals surface area contributed by atoms with Crippen LogP contribution in [-0.4, -0.2) is 22.3 Å². The first-order chi connectivity index (χ1) is 10.2. The van der Waals surface area contributed by atoms with E-state index < -0.39 is 5.82 Å². The zero-order chi connectivity index (χ0) is 14.8. The number of halogens is 1. The van der Waals surface area contributed by atoms with Gasteiger partial charge in [-0.1, -0.05) is 12.1 Å². The lowest BCUT2D eigenvalue weighted by Gasteiger charge is -2.10. The van der Waals surface area contributed by atoms with Gasteiger partial charge >= 0.3 is 0 Å². The number of nitrogens with one attached hydrogen (secondary N) is 1. The van der Waals surface area contributed by atoms with Crippen molar-refractivity contribution in [2.45, 2.75) is 0 Å². The topological polar surface area (TPSA) is 76.8 Å². The van der Waals surface area contributed by atoms with Crippen LogP contribution in [0.2, 0.25) is 0 Å². The Bertz CT molecular complexity index is 771. The molecular weight excluding hydrogens is 271 g/mol. The first-order valence-corrected chi connectivity index (χ1v) is 6.30. The molecule has 0 atom stereocenters. The molecule has 1 aromatic carbocycles. The van der Waals surface area contributed by atoms with E-state index in [1.807, 2.05) is 6.07 Å². The largest absolute Gasteiger partial charge is 0.496 e. The monoisotopic (exact) mass is 284 g/mol. The van der Waals surface area contributed by atoms with E-state index >= 15 is 0 Å². The number of ether oxygens (including phenoxy) is 1. The SMILES string of the molecule is COc1cccc(F)c1-c1[nH]nc(N)c1-c1ccccn1. The summed E-state index contributed by atoms with van der Waals surface area (Å²) in [4.78, 5) is 4.25. The quantitative estimate of drug-likeness (QED) is 0.775. The second-order valence-corrected chi connectivity index (χ2v) is 4.39. The maximum absolute atomic E-state index is 14.2. The fraction of sp³-hybridized carbons (Fsp3) is 0.0667. The van der Waals surface area contributed by atoms with Gasteiger partial charge in [0.05, 0.1) is 29.6 Å². The maximum Gasteiger partial charge on any atom is 0.155 e. The molecule has 3 N–H and O–H groups in total. The number of nitrogen functional groups attached to an aromatic ring is 1. The van der Waals surface area contributed by atoms with E-state index in [2.05, 4.69) is 15.2 Å². The highest BCUT2D eigenvalue weighted by Crippen LogP contribution is 2.39. The number of hydrogen-bond acceptors (Lipinski definition) is 4. The van der Waals surface area contributed by atoms with Gasteiger partial charge in [-0.05, 0) is 24.3 Å². The minimum Gasteiger partial charge on any atom is -0.496 e. The molecule has 0 aliphatic rings. The Hall–Kier alpha value is -2.89. The third-order valence-electron chi connectivity index (χ3n) is 3.16. The van der Waals surface area contributed by atoms with Gasteiger partial charge in [0, 0.05) is 6.20 Å². The van der Waals surface area contributed by atoms with Crippen molar-refractivity contribution in [3.05, 3.63) is 48.4 Å². The van der Waals surface area contributed by atoms with Gasteiger partial charge in [0.2, 0.25) is 0 Å². The maximum atomic E-state index is 14.2. The predicted molar refractivity (Wildman–Crippen MR) is 78.2 cm³/mol. The lowest BCUT2D eigenvalue weighted by atomic mass is 10.0. The third-order valence-corrected chi connectivity index (χ3v) is 3.16. The van der Waals surface area contributed by atoms with Gasteiger partial charge in [-0.15, -0.1) is 0 Å². The number of nitrogens with zero attached hydrogens (tertiary/aromatic N) is 2. The molecule has 106 valence electrons. The Labute approximate surface area is 120 Å². The zero-order valence-corrected chi connectivity index (χ0v) is 11.3. The standard InChI is InChI=1S/C15H13FN4O/c1-21-11-7-4-5-9(16)12(11)14-13(15(17)20-19-14)10-6-2-3-8-18-10/h2-8H,1H3,(H3,17,19,20).